The van der Waals surface area contributed by atoms with Crippen molar-refractivity contribution in [2.75, 3.05) is 0 Å². The van der Waals surface area contributed by atoms with Crippen molar-refractivity contribution < 1.29 is 4.52 Å². The van der Waals surface area contributed by atoms with E-state index in [4.69, 9.17) is 4.52 Å². The van der Waals surface area contributed by atoms with Crippen LogP contribution in [0.5, 0.6) is 0 Å². The van der Waals surface area contributed by atoms with Gasteiger partial charge in [-0.2, -0.15) is 0 Å². The third-order valence-electron chi connectivity index (χ3n) is 2.57. The van der Waals surface area contributed by atoms with Gasteiger partial charge in [0.05, 0.1) is 5.69 Å². The standard InChI is InChI=1S/C11H19NO/c1-5-6-7-8(2)11-9(3)12-13-10(11)4/h8H,5-7H2,1-4H3. The maximum absolute atomic E-state index is 5.15. The molecule has 1 atom stereocenters. The first-order valence-corrected chi connectivity index (χ1v) is 5.09. The highest BCUT2D eigenvalue weighted by Crippen LogP contribution is 2.26. The van der Waals surface area contributed by atoms with E-state index in [1.165, 1.54) is 24.8 Å². The monoisotopic (exact) mass is 181 g/mol. The zero-order valence-electron chi connectivity index (χ0n) is 9.05. The first-order valence-electron chi connectivity index (χ1n) is 5.09. The molecule has 0 saturated carbocycles. The molecule has 2 heteroatoms. The molecular weight excluding hydrogens is 162 g/mol. The average molecular weight is 181 g/mol. The summed E-state index contributed by atoms with van der Waals surface area (Å²) < 4.78 is 5.15. The summed E-state index contributed by atoms with van der Waals surface area (Å²) >= 11 is 0. The molecule has 0 aliphatic rings. The van der Waals surface area contributed by atoms with Crippen LogP contribution in [0.2, 0.25) is 0 Å². The average Bonchev–Trinajstić information content (AvgIpc) is 2.42. The third kappa shape index (κ3) is 2.33. The summed E-state index contributed by atoms with van der Waals surface area (Å²) in [6.07, 6.45) is 3.78. The topological polar surface area (TPSA) is 26.0 Å². The van der Waals surface area contributed by atoms with Crippen LogP contribution in [-0.2, 0) is 0 Å². The van der Waals surface area contributed by atoms with Gasteiger partial charge in [0.15, 0.2) is 0 Å². The third-order valence-corrected chi connectivity index (χ3v) is 2.57. The van der Waals surface area contributed by atoms with E-state index < -0.39 is 0 Å². The molecule has 1 aromatic heterocycles. The molecule has 0 N–H and O–H groups in total. The summed E-state index contributed by atoms with van der Waals surface area (Å²) in [5.41, 5.74) is 2.37. The van der Waals surface area contributed by atoms with Gasteiger partial charge in [0.25, 0.3) is 0 Å². The van der Waals surface area contributed by atoms with E-state index in [0.717, 1.165) is 11.5 Å². The summed E-state index contributed by atoms with van der Waals surface area (Å²) in [6, 6.07) is 0. The molecule has 0 aromatic carbocycles. The Hall–Kier alpha value is -0.790. The fourth-order valence-electron chi connectivity index (χ4n) is 1.85. The van der Waals surface area contributed by atoms with E-state index in [1.807, 2.05) is 13.8 Å². The van der Waals surface area contributed by atoms with Gasteiger partial charge < -0.3 is 4.52 Å². The fraction of sp³-hybridized carbons (Fsp3) is 0.727. The minimum Gasteiger partial charge on any atom is -0.361 e. The van der Waals surface area contributed by atoms with Gasteiger partial charge in [0, 0.05) is 5.56 Å². The molecule has 0 aliphatic carbocycles. The van der Waals surface area contributed by atoms with E-state index in [0.29, 0.717) is 5.92 Å². The lowest BCUT2D eigenvalue weighted by Crippen LogP contribution is -1.96. The molecule has 0 radical (unpaired) electrons. The van der Waals surface area contributed by atoms with Crippen LogP contribution >= 0.6 is 0 Å². The number of nitrogens with zero attached hydrogens (tertiary/aromatic N) is 1. The summed E-state index contributed by atoms with van der Waals surface area (Å²) in [6.45, 7) is 8.49. The Bertz CT molecular complexity index is 246. The van der Waals surface area contributed by atoms with Crippen molar-refractivity contribution in [2.24, 2.45) is 0 Å². The maximum atomic E-state index is 5.15. The van der Waals surface area contributed by atoms with Crippen molar-refractivity contribution in [1.29, 1.82) is 0 Å². The second kappa shape index (κ2) is 4.45. The van der Waals surface area contributed by atoms with Crippen LogP contribution < -0.4 is 0 Å². The van der Waals surface area contributed by atoms with E-state index in [1.54, 1.807) is 0 Å². The van der Waals surface area contributed by atoms with Gasteiger partial charge in [-0.3, -0.25) is 0 Å². The predicted molar refractivity (Wildman–Crippen MR) is 53.9 cm³/mol. The fourth-order valence-corrected chi connectivity index (χ4v) is 1.85. The van der Waals surface area contributed by atoms with Gasteiger partial charge in [-0.15, -0.1) is 0 Å². The quantitative estimate of drug-likeness (QED) is 0.709. The molecule has 0 saturated heterocycles. The molecule has 1 unspecified atom stereocenters. The molecule has 0 amide bonds. The lowest BCUT2D eigenvalue weighted by Gasteiger charge is -2.09. The predicted octanol–water partition coefficient (Wildman–Crippen LogP) is 3.59. The Kier molecular flexibility index (Phi) is 3.52. The highest BCUT2D eigenvalue weighted by molar-refractivity contribution is 5.24. The van der Waals surface area contributed by atoms with Crippen LogP contribution in [0, 0.1) is 13.8 Å². The molecule has 2 nitrogen and oxygen atoms in total. The van der Waals surface area contributed by atoms with Crippen molar-refractivity contribution in [3.63, 3.8) is 0 Å². The van der Waals surface area contributed by atoms with E-state index in [-0.39, 0.29) is 0 Å². The highest BCUT2D eigenvalue weighted by atomic mass is 16.5. The van der Waals surface area contributed by atoms with Gasteiger partial charge in [-0.05, 0) is 26.2 Å². The summed E-state index contributed by atoms with van der Waals surface area (Å²) in [7, 11) is 0. The number of rotatable bonds is 4. The van der Waals surface area contributed by atoms with Crippen molar-refractivity contribution in [3.05, 3.63) is 17.0 Å². The van der Waals surface area contributed by atoms with E-state index in [2.05, 4.69) is 19.0 Å². The Balaban J connectivity index is 2.69. The molecule has 1 heterocycles. The van der Waals surface area contributed by atoms with Gasteiger partial charge in [-0.25, -0.2) is 0 Å². The summed E-state index contributed by atoms with van der Waals surface area (Å²) in [4.78, 5) is 0. The lowest BCUT2D eigenvalue weighted by molar-refractivity contribution is 0.391. The summed E-state index contributed by atoms with van der Waals surface area (Å²) in [5.74, 6) is 1.58. The first-order chi connectivity index (χ1) is 6.16. The molecule has 1 rings (SSSR count). The normalized spacial score (nSPS) is 13.2. The number of aromatic nitrogens is 1. The van der Waals surface area contributed by atoms with Crippen LogP contribution in [0.1, 0.15) is 56.0 Å². The van der Waals surface area contributed by atoms with Crippen molar-refractivity contribution in [3.8, 4) is 0 Å². The minimum atomic E-state index is 0.589. The first kappa shape index (κ1) is 10.3. The molecular formula is C11H19NO. The maximum Gasteiger partial charge on any atom is 0.137 e. The SMILES string of the molecule is CCCCC(C)c1c(C)noc1C. The van der Waals surface area contributed by atoms with Gasteiger partial charge >= 0.3 is 0 Å². The second-order valence-electron chi connectivity index (χ2n) is 3.78. The Morgan fingerprint density at radius 1 is 1.38 bits per heavy atom. The Morgan fingerprint density at radius 2 is 2.08 bits per heavy atom. The Morgan fingerprint density at radius 3 is 2.54 bits per heavy atom. The van der Waals surface area contributed by atoms with Crippen molar-refractivity contribution in [1.82, 2.24) is 5.16 Å². The number of aryl methyl sites for hydroxylation is 2. The zero-order chi connectivity index (χ0) is 9.84. The van der Waals surface area contributed by atoms with Crippen molar-refractivity contribution in [2.45, 2.75) is 52.9 Å². The zero-order valence-corrected chi connectivity index (χ0v) is 9.05. The van der Waals surface area contributed by atoms with Gasteiger partial charge in [0.2, 0.25) is 0 Å². The number of hydrogen-bond donors (Lipinski definition) is 0. The highest BCUT2D eigenvalue weighted by Gasteiger charge is 2.15. The molecule has 1 aromatic rings. The molecule has 0 bridgehead atoms. The van der Waals surface area contributed by atoms with E-state index in [9.17, 15) is 0 Å². The van der Waals surface area contributed by atoms with Crippen molar-refractivity contribution >= 4 is 0 Å². The second-order valence-corrected chi connectivity index (χ2v) is 3.78. The van der Waals surface area contributed by atoms with Crippen LogP contribution in [0.4, 0.5) is 0 Å². The van der Waals surface area contributed by atoms with Crippen LogP contribution in [0.3, 0.4) is 0 Å². The smallest absolute Gasteiger partial charge is 0.137 e. The van der Waals surface area contributed by atoms with Crippen LogP contribution in [-0.4, -0.2) is 5.16 Å². The molecule has 0 aliphatic heterocycles. The summed E-state index contributed by atoms with van der Waals surface area (Å²) in [5, 5.41) is 3.97. The minimum absolute atomic E-state index is 0.589. The Labute approximate surface area is 80.3 Å². The van der Waals surface area contributed by atoms with Gasteiger partial charge in [-0.1, -0.05) is 31.8 Å². The van der Waals surface area contributed by atoms with Gasteiger partial charge in [0.1, 0.15) is 5.76 Å². The van der Waals surface area contributed by atoms with E-state index >= 15 is 0 Å². The molecule has 0 spiro atoms. The number of unbranched alkanes of at least 4 members (excludes halogenated alkanes) is 1. The van der Waals surface area contributed by atoms with Crippen LogP contribution in [0.25, 0.3) is 0 Å². The van der Waals surface area contributed by atoms with Crippen LogP contribution in [0.15, 0.2) is 4.52 Å². The molecule has 13 heavy (non-hydrogen) atoms. The lowest BCUT2D eigenvalue weighted by atomic mass is 9.94. The largest absolute Gasteiger partial charge is 0.361 e. The number of hydrogen-bond acceptors (Lipinski definition) is 2. The molecule has 0 fully saturated rings. The molecule has 74 valence electrons.